The molecule has 1 fully saturated rings. The van der Waals surface area contributed by atoms with E-state index in [0.717, 1.165) is 48.1 Å². The van der Waals surface area contributed by atoms with Crippen LogP contribution in [0, 0.1) is 13.8 Å². The Balaban J connectivity index is 1.53. The van der Waals surface area contributed by atoms with E-state index in [0.29, 0.717) is 6.61 Å². The SMILES string of the molecule is COc1c(C)cc(C2=CC3CCCC(C2)N3C(=O)OCc2ccccc2)cc1C. The lowest BCUT2D eigenvalue weighted by atomic mass is 9.82. The van der Waals surface area contributed by atoms with Crippen molar-refractivity contribution in [2.75, 3.05) is 7.11 Å². The fourth-order valence-electron chi connectivity index (χ4n) is 4.78. The fraction of sp³-hybridized carbons (Fsp3) is 0.400. The van der Waals surface area contributed by atoms with Gasteiger partial charge in [0.1, 0.15) is 12.4 Å². The Morgan fingerprint density at radius 2 is 1.83 bits per heavy atom. The number of fused-ring (bicyclic) bond motifs is 2. The van der Waals surface area contributed by atoms with Gasteiger partial charge in [-0.2, -0.15) is 0 Å². The van der Waals surface area contributed by atoms with Gasteiger partial charge < -0.3 is 9.47 Å². The molecular weight excluding hydrogens is 362 g/mol. The van der Waals surface area contributed by atoms with Gasteiger partial charge >= 0.3 is 6.09 Å². The average molecular weight is 392 g/mol. The quantitative estimate of drug-likeness (QED) is 0.675. The summed E-state index contributed by atoms with van der Waals surface area (Å²) < 4.78 is 11.2. The minimum Gasteiger partial charge on any atom is -0.496 e. The minimum atomic E-state index is -0.194. The molecule has 4 nitrogen and oxygen atoms in total. The van der Waals surface area contributed by atoms with Crippen LogP contribution in [0.25, 0.3) is 5.57 Å². The predicted molar refractivity (Wildman–Crippen MR) is 115 cm³/mol. The van der Waals surface area contributed by atoms with E-state index in [9.17, 15) is 4.79 Å². The van der Waals surface area contributed by atoms with Crippen LogP contribution >= 0.6 is 0 Å². The maximum absolute atomic E-state index is 12.9. The molecule has 4 rings (SSSR count). The van der Waals surface area contributed by atoms with Gasteiger partial charge in [-0.25, -0.2) is 4.79 Å². The summed E-state index contributed by atoms with van der Waals surface area (Å²) in [6, 6.07) is 14.6. The Morgan fingerprint density at radius 1 is 1.10 bits per heavy atom. The molecule has 0 radical (unpaired) electrons. The predicted octanol–water partition coefficient (Wildman–Crippen LogP) is 5.66. The summed E-state index contributed by atoms with van der Waals surface area (Å²) in [5, 5.41) is 0. The molecule has 2 bridgehead atoms. The average Bonchev–Trinajstić information content (AvgIpc) is 2.71. The summed E-state index contributed by atoms with van der Waals surface area (Å²) in [6.45, 7) is 4.50. The molecule has 2 aliphatic rings. The maximum atomic E-state index is 12.9. The fourth-order valence-corrected chi connectivity index (χ4v) is 4.78. The number of carbonyl (C=O) groups is 1. The summed E-state index contributed by atoms with van der Waals surface area (Å²) >= 11 is 0. The maximum Gasteiger partial charge on any atom is 0.410 e. The monoisotopic (exact) mass is 391 g/mol. The number of nitrogens with zero attached hydrogens (tertiary/aromatic N) is 1. The lowest BCUT2D eigenvalue weighted by Crippen LogP contribution is -2.51. The van der Waals surface area contributed by atoms with Crippen molar-refractivity contribution in [3.8, 4) is 5.75 Å². The van der Waals surface area contributed by atoms with Gasteiger partial charge in [0.15, 0.2) is 0 Å². The Bertz CT molecular complexity index is 896. The second kappa shape index (κ2) is 8.32. The first-order chi connectivity index (χ1) is 14.1. The van der Waals surface area contributed by atoms with Crippen LogP contribution in [0.5, 0.6) is 5.75 Å². The van der Waals surface area contributed by atoms with E-state index in [1.807, 2.05) is 35.2 Å². The van der Waals surface area contributed by atoms with Gasteiger partial charge in [-0.1, -0.05) is 36.4 Å². The van der Waals surface area contributed by atoms with Crippen molar-refractivity contribution < 1.29 is 14.3 Å². The number of hydrogen-bond acceptors (Lipinski definition) is 3. The summed E-state index contributed by atoms with van der Waals surface area (Å²) in [6.07, 6.45) is 6.14. The molecule has 2 aromatic carbocycles. The van der Waals surface area contributed by atoms with Crippen LogP contribution in [0.1, 0.15) is 47.9 Å². The molecule has 29 heavy (non-hydrogen) atoms. The third-order valence-electron chi connectivity index (χ3n) is 6.09. The van der Waals surface area contributed by atoms with Crippen molar-refractivity contribution in [3.63, 3.8) is 0 Å². The number of benzene rings is 2. The molecule has 0 saturated carbocycles. The normalized spacial score (nSPS) is 20.8. The Kier molecular flexibility index (Phi) is 5.61. The van der Waals surface area contributed by atoms with Crippen molar-refractivity contribution in [2.45, 2.75) is 58.2 Å². The van der Waals surface area contributed by atoms with Crippen LogP contribution in [-0.2, 0) is 11.3 Å². The van der Waals surface area contributed by atoms with Gasteiger partial charge in [0.25, 0.3) is 0 Å². The molecule has 1 saturated heterocycles. The molecule has 2 aromatic rings. The number of rotatable bonds is 4. The largest absolute Gasteiger partial charge is 0.496 e. The number of ether oxygens (including phenoxy) is 2. The first kappa shape index (κ1) is 19.6. The smallest absolute Gasteiger partial charge is 0.410 e. The second-order valence-corrected chi connectivity index (χ2v) is 8.14. The van der Waals surface area contributed by atoms with Crippen LogP contribution in [0.15, 0.2) is 48.5 Å². The van der Waals surface area contributed by atoms with E-state index in [-0.39, 0.29) is 18.2 Å². The van der Waals surface area contributed by atoms with Crippen molar-refractivity contribution in [1.29, 1.82) is 0 Å². The zero-order valence-electron chi connectivity index (χ0n) is 17.5. The molecule has 152 valence electrons. The Morgan fingerprint density at radius 3 is 2.48 bits per heavy atom. The van der Waals surface area contributed by atoms with Crippen LogP contribution in [0.3, 0.4) is 0 Å². The first-order valence-electron chi connectivity index (χ1n) is 10.4. The van der Waals surface area contributed by atoms with Gasteiger partial charge in [0.2, 0.25) is 0 Å². The van der Waals surface area contributed by atoms with E-state index >= 15 is 0 Å². The van der Waals surface area contributed by atoms with Crippen LogP contribution < -0.4 is 4.74 Å². The van der Waals surface area contributed by atoms with Gasteiger partial charge in [-0.15, -0.1) is 0 Å². The van der Waals surface area contributed by atoms with Crippen LogP contribution in [0.4, 0.5) is 4.79 Å². The lowest BCUT2D eigenvalue weighted by Gasteiger charge is -2.44. The van der Waals surface area contributed by atoms with Crippen molar-refractivity contribution >= 4 is 11.7 Å². The van der Waals surface area contributed by atoms with E-state index in [2.05, 4.69) is 32.1 Å². The number of methoxy groups -OCH3 is 1. The molecule has 2 atom stereocenters. The number of hydrogen-bond donors (Lipinski definition) is 0. The number of aryl methyl sites for hydroxylation is 2. The van der Waals surface area contributed by atoms with Crippen molar-refractivity contribution in [2.24, 2.45) is 0 Å². The molecule has 4 heteroatoms. The number of piperidine rings is 1. The van der Waals surface area contributed by atoms with Crippen molar-refractivity contribution in [3.05, 3.63) is 70.8 Å². The van der Waals surface area contributed by atoms with Crippen LogP contribution in [-0.4, -0.2) is 30.2 Å². The van der Waals surface area contributed by atoms with Gasteiger partial charge in [0, 0.05) is 6.04 Å². The molecule has 2 aliphatic heterocycles. The van der Waals surface area contributed by atoms with E-state index in [1.54, 1.807) is 7.11 Å². The third kappa shape index (κ3) is 4.02. The summed E-state index contributed by atoms with van der Waals surface area (Å²) in [5.41, 5.74) is 5.90. The Hall–Kier alpha value is -2.75. The second-order valence-electron chi connectivity index (χ2n) is 8.14. The highest BCUT2D eigenvalue weighted by molar-refractivity contribution is 5.75. The van der Waals surface area contributed by atoms with Crippen LogP contribution in [0.2, 0.25) is 0 Å². The minimum absolute atomic E-state index is 0.114. The molecule has 0 spiro atoms. The molecule has 2 unspecified atom stereocenters. The zero-order chi connectivity index (χ0) is 20.4. The topological polar surface area (TPSA) is 38.8 Å². The molecule has 2 heterocycles. The zero-order valence-corrected chi connectivity index (χ0v) is 17.5. The number of amides is 1. The molecule has 0 aromatic heterocycles. The van der Waals surface area contributed by atoms with Gasteiger partial charge in [0.05, 0.1) is 13.2 Å². The highest BCUT2D eigenvalue weighted by Gasteiger charge is 2.38. The third-order valence-corrected chi connectivity index (χ3v) is 6.09. The molecular formula is C25H29NO3. The lowest BCUT2D eigenvalue weighted by molar-refractivity contribution is 0.0510. The highest BCUT2D eigenvalue weighted by Crippen LogP contribution is 2.39. The van der Waals surface area contributed by atoms with E-state index in [1.165, 1.54) is 11.1 Å². The van der Waals surface area contributed by atoms with E-state index < -0.39 is 0 Å². The Labute approximate surface area is 173 Å². The van der Waals surface area contributed by atoms with Crippen molar-refractivity contribution in [1.82, 2.24) is 4.90 Å². The summed E-state index contributed by atoms with van der Waals surface area (Å²) in [7, 11) is 1.72. The molecule has 0 N–H and O–H groups in total. The molecule has 0 aliphatic carbocycles. The van der Waals surface area contributed by atoms with E-state index in [4.69, 9.17) is 9.47 Å². The summed E-state index contributed by atoms with van der Waals surface area (Å²) in [5.74, 6) is 0.955. The first-order valence-corrected chi connectivity index (χ1v) is 10.4. The van der Waals surface area contributed by atoms with Gasteiger partial charge in [-0.05, 0) is 79.5 Å². The standard InChI is InChI=1S/C25H29NO3/c1-17-12-20(13-18(2)24(17)28-3)21-14-22-10-7-11-23(15-21)26(22)25(27)29-16-19-8-5-4-6-9-19/h4-6,8-9,12-14,22-23H,7,10-11,15-16H2,1-3H3. The van der Waals surface area contributed by atoms with Gasteiger partial charge in [-0.3, -0.25) is 4.90 Å². The molecule has 1 amide bonds. The number of carbonyl (C=O) groups excluding carboxylic acids is 1. The highest BCUT2D eigenvalue weighted by atomic mass is 16.6. The summed E-state index contributed by atoms with van der Waals surface area (Å²) in [4.78, 5) is 14.8.